The zero-order chi connectivity index (χ0) is 18.8. The molecule has 26 heavy (non-hydrogen) atoms. The predicted molar refractivity (Wildman–Crippen MR) is 106 cm³/mol. The minimum absolute atomic E-state index is 0.0183. The second-order valence-corrected chi connectivity index (χ2v) is 8.75. The number of thiazole rings is 1. The molecule has 0 bridgehead atoms. The Morgan fingerprint density at radius 1 is 1.46 bits per heavy atom. The number of aliphatic imine (C=N–C) groups is 1. The lowest BCUT2D eigenvalue weighted by Gasteiger charge is -2.04. The topological polar surface area (TPSA) is 91.9 Å². The highest BCUT2D eigenvalue weighted by atomic mass is 32.2. The van der Waals surface area contributed by atoms with Crippen molar-refractivity contribution in [3.8, 4) is 5.88 Å². The molecule has 6 nitrogen and oxygen atoms in total. The molecule has 2 aromatic rings. The van der Waals surface area contributed by atoms with Gasteiger partial charge in [-0.3, -0.25) is 18.6 Å². The number of carboxylic acids is 1. The molecule has 0 amide bonds. The Morgan fingerprint density at radius 3 is 2.92 bits per heavy atom. The molecule has 1 aromatic heterocycles. The lowest BCUT2D eigenvalue weighted by Crippen LogP contribution is -2.01. The maximum absolute atomic E-state index is 11.7. The molecule has 9 heteroatoms. The first-order valence-corrected chi connectivity index (χ1v) is 10.5. The van der Waals surface area contributed by atoms with Crippen molar-refractivity contribution in [1.82, 2.24) is 4.57 Å². The van der Waals surface area contributed by atoms with Crippen molar-refractivity contribution in [3.05, 3.63) is 32.6 Å². The van der Waals surface area contributed by atoms with E-state index in [0.717, 1.165) is 16.8 Å². The van der Waals surface area contributed by atoms with Crippen LogP contribution in [0, 0.1) is 3.95 Å². The van der Waals surface area contributed by atoms with Crippen LogP contribution in [0.4, 0.5) is 5.69 Å². The summed E-state index contributed by atoms with van der Waals surface area (Å²) in [4.78, 5) is 16.3. The van der Waals surface area contributed by atoms with Gasteiger partial charge in [-0.05, 0) is 42.9 Å². The van der Waals surface area contributed by atoms with Gasteiger partial charge in [0.1, 0.15) is 0 Å². The highest BCUT2D eigenvalue weighted by Gasteiger charge is 2.17. The molecule has 2 N–H and O–H groups in total. The van der Waals surface area contributed by atoms with E-state index in [-0.39, 0.29) is 12.3 Å². The highest BCUT2D eigenvalue weighted by Crippen LogP contribution is 2.37. The summed E-state index contributed by atoms with van der Waals surface area (Å²) in [5.74, 6) is -0.855. The summed E-state index contributed by atoms with van der Waals surface area (Å²) in [6.07, 6.45) is 5.52. The number of carbonyl (C=O) groups is 1. The number of rotatable bonds is 6. The molecule has 1 aliphatic heterocycles. The van der Waals surface area contributed by atoms with Crippen molar-refractivity contribution in [2.45, 2.75) is 24.3 Å². The van der Waals surface area contributed by atoms with Crippen LogP contribution in [-0.4, -0.2) is 37.4 Å². The Bertz CT molecular complexity index is 1020. The van der Waals surface area contributed by atoms with Gasteiger partial charge in [-0.2, -0.15) is 0 Å². The van der Waals surface area contributed by atoms with Gasteiger partial charge >= 0.3 is 5.97 Å². The number of allylic oxidation sites excluding steroid dienone is 1. The first-order chi connectivity index (χ1) is 12.4. The lowest BCUT2D eigenvalue weighted by molar-refractivity contribution is -0.137. The van der Waals surface area contributed by atoms with Gasteiger partial charge in [0, 0.05) is 52.3 Å². The third-order valence-corrected chi connectivity index (χ3v) is 6.21. The Kier molecular flexibility index (Phi) is 5.49. The summed E-state index contributed by atoms with van der Waals surface area (Å²) < 4.78 is 13.7. The van der Waals surface area contributed by atoms with Gasteiger partial charge in [0.15, 0.2) is 3.95 Å². The number of aromatic nitrogens is 1. The predicted octanol–water partition coefficient (Wildman–Crippen LogP) is 3.84. The summed E-state index contributed by atoms with van der Waals surface area (Å²) in [5, 5.41) is 19.2. The second-order valence-electron chi connectivity index (χ2n) is 5.70. The molecule has 1 unspecified atom stereocenters. The van der Waals surface area contributed by atoms with Crippen LogP contribution in [-0.2, 0) is 22.1 Å². The van der Waals surface area contributed by atoms with E-state index in [2.05, 4.69) is 4.99 Å². The van der Waals surface area contributed by atoms with Crippen molar-refractivity contribution in [2.24, 2.45) is 4.99 Å². The second kappa shape index (κ2) is 7.65. The van der Waals surface area contributed by atoms with Crippen molar-refractivity contribution in [2.75, 3.05) is 6.26 Å². The number of fused-ring (bicyclic) bond motifs is 1. The summed E-state index contributed by atoms with van der Waals surface area (Å²) in [6.45, 7) is 0.348. The fourth-order valence-corrected chi connectivity index (χ4v) is 4.45. The Labute approximate surface area is 161 Å². The van der Waals surface area contributed by atoms with Crippen LogP contribution in [0.3, 0.4) is 0 Å². The van der Waals surface area contributed by atoms with Gasteiger partial charge in [-0.15, -0.1) is 11.3 Å². The largest absolute Gasteiger partial charge is 0.493 e. The van der Waals surface area contributed by atoms with E-state index in [1.165, 1.54) is 11.3 Å². The van der Waals surface area contributed by atoms with Gasteiger partial charge in [0.05, 0.1) is 10.6 Å². The third kappa shape index (κ3) is 3.84. The van der Waals surface area contributed by atoms with E-state index in [4.69, 9.17) is 17.3 Å². The summed E-state index contributed by atoms with van der Waals surface area (Å²) in [5.41, 5.74) is 2.44. The molecule has 1 atom stereocenters. The van der Waals surface area contributed by atoms with E-state index in [1.807, 2.05) is 12.1 Å². The quantitative estimate of drug-likeness (QED) is 0.709. The molecule has 1 aliphatic rings. The molecular weight excluding hydrogens is 392 g/mol. The molecule has 2 heterocycles. The average Bonchev–Trinajstić information content (AvgIpc) is 3.10. The van der Waals surface area contributed by atoms with Crippen LogP contribution in [0.25, 0.3) is 11.6 Å². The van der Waals surface area contributed by atoms with E-state index >= 15 is 0 Å². The first-order valence-electron chi connectivity index (χ1n) is 7.75. The minimum atomic E-state index is -1.09. The number of hydrogen-bond acceptors (Lipinski definition) is 6. The number of aromatic hydroxyl groups is 1. The fraction of sp³-hybridized carbons (Fsp3) is 0.235. The third-order valence-electron chi connectivity index (χ3n) is 3.91. The zero-order valence-electron chi connectivity index (χ0n) is 13.8. The SMILES string of the molecule is CS(=O)c1ccc2c(c1)/C(=C/c1sc(=S)n(CCCC(=O)O)c1O)C=N2. The van der Waals surface area contributed by atoms with Gasteiger partial charge in [-0.25, -0.2) is 0 Å². The number of benzene rings is 1. The fourth-order valence-electron chi connectivity index (χ4n) is 2.60. The summed E-state index contributed by atoms with van der Waals surface area (Å²) >= 11 is 6.54. The van der Waals surface area contributed by atoms with Gasteiger partial charge in [0.25, 0.3) is 0 Å². The molecule has 0 aliphatic carbocycles. The van der Waals surface area contributed by atoms with Crippen LogP contribution in [0.15, 0.2) is 28.1 Å². The van der Waals surface area contributed by atoms with Crippen LogP contribution in [0.2, 0.25) is 0 Å². The first kappa shape index (κ1) is 18.7. The van der Waals surface area contributed by atoms with Crippen LogP contribution < -0.4 is 0 Å². The maximum atomic E-state index is 11.7. The van der Waals surface area contributed by atoms with E-state index < -0.39 is 16.8 Å². The Hall–Kier alpha value is -2.10. The van der Waals surface area contributed by atoms with Crippen LogP contribution in [0.5, 0.6) is 5.88 Å². The molecule has 0 fully saturated rings. The van der Waals surface area contributed by atoms with Crippen molar-refractivity contribution in [3.63, 3.8) is 0 Å². The summed E-state index contributed by atoms with van der Waals surface area (Å²) in [6, 6.07) is 5.45. The molecule has 0 radical (unpaired) electrons. The molecular formula is C17H16N2O4S3. The smallest absolute Gasteiger partial charge is 0.303 e. The summed E-state index contributed by atoms with van der Waals surface area (Å²) in [7, 11) is -1.09. The minimum Gasteiger partial charge on any atom is -0.493 e. The Balaban J connectivity index is 1.92. The van der Waals surface area contributed by atoms with E-state index in [1.54, 1.807) is 29.2 Å². The van der Waals surface area contributed by atoms with Gasteiger partial charge in [0.2, 0.25) is 5.88 Å². The number of hydrogen-bond donors (Lipinski definition) is 2. The molecule has 0 spiro atoms. The molecule has 0 saturated heterocycles. The van der Waals surface area contributed by atoms with Crippen LogP contribution in [0.1, 0.15) is 23.3 Å². The normalized spacial score (nSPS) is 15.3. The van der Waals surface area contributed by atoms with E-state index in [9.17, 15) is 14.1 Å². The number of aliphatic carboxylic acids is 1. The van der Waals surface area contributed by atoms with Gasteiger partial charge in [-0.1, -0.05) is 0 Å². The maximum Gasteiger partial charge on any atom is 0.303 e. The zero-order valence-corrected chi connectivity index (χ0v) is 16.3. The molecule has 3 rings (SSSR count). The average molecular weight is 409 g/mol. The molecule has 136 valence electrons. The highest BCUT2D eigenvalue weighted by molar-refractivity contribution is 7.84. The Morgan fingerprint density at radius 2 is 2.23 bits per heavy atom. The lowest BCUT2D eigenvalue weighted by atomic mass is 10.1. The van der Waals surface area contributed by atoms with Crippen molar-refractivity contribution < 1.29 is 19.2 Å². The molecule has 0 saturated carbocycles. The van der Waals surface area contributed by atoms with E-state index in [0.29, 0.717) is 26.7 Å². The standard InChI is InChI=1S/C17H16N2O4S3/c1-26(23)11-4-5-13-12(8-11)10(9-18-13)7-14-16(22)19(17(24)25-14)6-2-3-15(20)21/h4-5,7-9,22H,2-3,6H2,1H3,(H,20,21)/b10-7+. The monoisotopic (exact) mass is 408 g/mol. The van der Waals surface area contributed by atoms with Crippen molar-refractivity contribution >= 4 is 63.9 Å². The van der Waals surface area contributed by atoms with Crippen molar-refractivity contribution in [1.29, 1.82) is 0 Å². The van der Waals surface area contributed by atoms with Gasteiger partial charge < -0.3 is 10.2 Å². The number of carboxylic acid groups (broad SMARTS) is 1. The molecule has 1 aromatic carbocycles. The number of nitrogens with zero attached hydrogens (tertiary/aromatic N) is 2. The van der Waals surface area contributed by atoms with Crippen LogP contribution >= 0.6 is 23.6 Å².